The number of hydrogen-bond acceptors (Lipinski definition) is 2. The zero-order valence-corrected chi connectivity index (χ0v) is 16.5. The predicted octanol–water partition coefficient (Wildman–Crippen LogP) is 4.86. The first-order valence-electron chi connectivity index (χ1n) is 10.3. The van der Waals surface area contributed by atoms with Gasteiger partial charge in [0.2, 0.25) is 0 Å². The quantitative estimate of drug-likeness (QED) is 0.725. The maximum atomic E-state index is 12.7. The van der Waals surface area contributed by atoms with Crippen LogP contribution in [0.4, 0.5) is 0 Å². The van der Waals surface area contributed by atoms with Crippen molar-refractivity contribution >= 4 is 5.91 Å². The minimum Gasteiger partial charge on any atom is -0.481 e. The van der Waals surface area contributed by atoms with E-state index >= 15 is 0 Å². The molecule has 1 aliphatic rings. The molecule has 0 aromatic heterocycles. The van der Waals surface area contributed by atoms with Crippen LogP contribution in [0.2, 0.25) is 0 Å². The van der Waals surface area contributed by atoms with E-state index in [0.717, 1.165) is 31.4 Å². The maximum absolute atomic E-state index is 12.7. The van der Waals surface area contributed by atoms with Crippen LogP contribution in [0, 0.1) is 0 Å². The van der Waals surface area contributed by atoms with Crippen LogP contribution in [0.1, 0.15) is 56.2 Å². The Morgan fingerprint density at radius 2 is 1.81 bits per heavy atom. The largest absolute Gasteiger partial charge is 0.481 e. The van der Waals surface area contributed by atoms with Crippen molar-refractivity contribution in [1.82, 2.24) is 5.32 Å². The normalized spacial score (nSPS) is 15.5. The second kappa shape index (κ2) is 9.59. The second-order valence-electron chi connectivity index (χ2n) is 7.59. The van der Waals surface area contributed by atoms with Gasteiger partial charge < -0.3 is 10.1 Å². The molecule has 3 nitrogen and oxygen atoms in total. The van der Waals surface area contributed by atoms with Gasteiger partial charge in [-0.1, -0.05) is 43.3 Å². The Bertz CT molecular complexity index is 741. The number of amides is 1. The van der Waals surface area contributed by atoms with Crippen molar-refractivity contribution in [2.75, 3.05) is 0 Å². The van der Waals surface area contributed by atoms with Gasteiger partial charge in [-0.3, -0.25) is 4.79 Å². The molecule has 0 unspecified atom stereocenters. The molecule has 3 rings (SSSR count). The summed E-state index contributed by atoms with van der Waals surface area (Å²) < 4.78 is 6.04. The molecule has 1 aliphatic carbocycles. The van der Waals surface area contributed by atoms with Gasteiger partial charge in [0, 0.05) is 6.04 Å². The van der Waals surface area contributed by atoms with E-state index < -0.39 is 6.10 Å². The fourth-order valence-corrected chi connectivity index (χ4v) is 3.71. The van der Waals surface area contributed by atoms with Crippen LogP contribution in [0.3, 0.4) is 0 Å². The molecule has 27 heavy (non-hydrogen) atoms. The first-order chi connectivity index (χ1) is 13.2. The third-order valence-electron chi connectivity index (χ3n) is 5.36. The number of aryl methyl sites for hydroxylation is 3. The summed E-state index contributed by atoms with van der Waals surface area (Å²) in [6.07, 6.45) is 6.90. The highest BCUT2D eigenvalue weighted by atomic mass is 16.5. The summed E-state index contributed by atoms with van der Waals surface area (Å²) >= 11 is 0. The van der Waals surface area contributed by atoms with Gasteiger partial charge >= 0.3 is 0 Å². The van der Waals surface area contributed by atoms with Crippen molar-refractivity contribution < 1.29 is 9.53 Å². The van der Waals surface area contributed by atoms with Crippen molar-refractivity contribution in [1.29, 1.82) is 0 Å². The number of benzene rings is 2. The van der Waals surface area contributed by atoms with Crippen LogP contribution in [0.5, 0.6) is 5.75 Å². The average molecular weight is 366 g/mol. The summed E-state index contributed by atoms with van der Waals surface area (Å²) in [6, 6.07) is 16.8. The van der Waals surface area contributed by atoms with Crippen molar-refractivity contribution in [3.63, 3.8) is 0 Å². The molecule has 0 radical (unpaired) electrons. The minimum atomic E-state index is -0.439. The van der Waals surface area contributed by atoms with Crippen LogP contribution in [-0.2, 0) is 24.1 Å². The number of nitrogens with one attached hydrogen (secondary N) is 1. The van der Waals surface area contributed by atoms with E-state index in [1.54, 1.807) is 0 Å². The molecule has 2 aromatic rings. The number of rotatable bonds is 8. The van der Waals surface area contributed by atoms with E-state index in [2.05, 4.69) is 48.6 Å². The number of fused-ring (bicyclic) bond motifs is 1. The fraction of sp³-hybridized carbons (Fsp3) is 0.458. The Morgan fingerprint density at radius 3 is 2.56 bits per heavy atom. The molecule has 2 aromatic carbocycles. The molecule has 0 fully saturated rings. The van der Waals surface area contributed by atoms with Gasteiger partial charge in [0.05, 0.1) is 0 Å². The number of carbonyl (C=O) groups is 1. The summed E-state index contributed by atoms with van der Waals surface area (Å²) in [6.45, 7) is 4.06. The third-order valence-corrected chi connectivity index (χ3v) is 5.36. The standard InChI is InChI=1S/C24H31NO2/c1-3-23(27-22-16-15-20-11-7-8-12-21(20)17-22)24(26)25-18(2)13-14-19-9-5-4-6-10-19/h4-6,9-10,15-18,23H,3,7-8,11-14H2,1-2H3,(H,25,26)/t18-,23-/m1/s1. The lowest BCUT2D eigenvalue weighted by molar-refractivity contribution is -0.128. The highest BCUT2D eigenvalue weighted by molar-refractivity contribution is 5.81. The molecule has 3 heteroatoms. The molecule has 1 N–H and O–H groups in total. The summed E-state index contributed by atoms with van der Waals surface area (Å²) in [7, 11) is 0. The SMILES string of the molecule is CC[C@@H](Oc1ccc2c(c1)CCCC2)C(=O)N[C@H](C)CCc1ccccc1. The number of hydrogen-bond donors (Lipinski definition) is 1. The van der Waals surface area contributed by atoms with Crippen LogP contribution in [0.15, 0.2) is 48.5 Å². The Hall–Kier alpha value is -2.29. The highest BCUT2D eigenvalue weighted by Crippen LogP contribution is 2.26. The third kappa shape index (κ3) is 5.59. The molecule has 2 atom stereocenters. The second-order valence-corrected chi connectivity index (χ2v) is 7.59. The first-order valence-corrected chi connectivity index (χ1v) is 10.3. The highest BCUT2D eigenvalue weighted by Gasteiger charge is 2.21. The number of carbonyl (C=O) groups excluding carboxylic acids is 1. The Morgan fingerprint density at radius 1 is 1.07 bits per heavy atom. The molecule has 0 spiro atoms. The van der Waals surface area contributed by atoms with Gasteiger partial charge in [0.25, 0.3) is 5.91 Å². The molecule has 0 heterocycles. The molecule has 1 amide bonds. The predicted molar refractivity (Wildman–Crippen MR) is 110 cm³/mol. The molecule has 144 valence electrons. The van der Waals surface area contributed by atoms with E-state index in [1.165, 1.54) is 29.5 Å². The van der Waals surface area contributed by atoms with Crippen LogP contribution in [0.25, 0.3) is 0 Å². The maximum Gasteiger partial charge on any atom is 0.261 e. The van der Waals surface area contributed by atoms with Crippen molar-refractivity contribution in [3.8, 4) is 5.75 Å². The fourth-order valence-electron chi connectivity index (χ4n) is 3.71. The van der Waals surface area contributed by atoms with Gasteiger partial charge in [0.1, 0.15) is 5.75 Å². The van der Waals surface area contributed by atoms with E-state index in [9.17, 15) is 4.79 Å². The lowest BCUT2D eigenvalue weighted by Crippen LogP contribution is -2.42. The smallest absolute Gasteiger partial charge is 0.261 e. The zero-order chi connectivity index (χ0) is 19.1. The van der Waals surface area contributed by atoms with Crippen molar-refractivity contribution in [2.45, 2.75) is 70.9 Å². The van der Waals surface area contributed by atoms with Crippen LogP contribution < -0.4 is 10.1 Å². The van der Waals surface area contributed by atoms with E-state index in [4.69, 9.17) is 4.74 Å². The van der Waals surface area contributed by atoms with Gasteiger partial charge in [-0.2, -0.15) is 0 Å². The molecule has 0 saturated heterocycles. The minimum absolute atomic E-state index is 0.0178. The lowest BCUT2D eigenvalue weighted by Gasteiger charge is -2.22. The van der Waals surface area contributed by atoms with E-state index in [0.29, 0.717) is 6.42 Å². The molecule has 0 aliphatic heterocycles. The summed E-state index contributed by atoms with van der Waals surface area (Å²) in [4.78, 5) is 12.7. The summed E-state index contributed by atoms with van der Waals surface area (Å²) in [5.74, 6) is 0.797. The van der Waals surface area contributed by atoms with Crippen LogP contribution in [-0.4, -0.2) is 18.1 Å². The van der Waals surface area contributed by atoms with Gasteiger partial charge in [0.15, 0.2) is 6.10 Å². The Balaban J connectivity index is 1.52. The van der Waals surface area contributed by atoms with Gasteiger partial charge in [-0.25, -0.2) is 0 Å². The molecule has 0 bridgehead atoms. The molecule has 0 saturated carbocycles. The molecular formula is C24H31NO2. The van der Waals surface area contributed by atoms with Crippen LogP contribution >= 0.6 is 0 Å². The number of ether oxygens (including phenoxy) is 1. The topological polar surface area (TPSA) is 38.3 Å². The Labute approximate surface area is 163 Å². The van der Waals surface area contributed by atoms with E-state index in [-0.39, 0.29) is 11.9 Å². The summed E-state index contributed by atoms with van der Waals surface area (Å²) in [5.41, 5.74) is 4.11. The zero-order valence-electron chi connectivity index (χ0n) is 16.5. The lowest BCUT2D eigenvalue weighted by atomic mass is 9.92. The van der Waals surface area contributed by atoms with Gasteiger partial charge in [-0.05, 0) is 80.7 Å². The van der Waals surface area contributed by atoms with Crippen molar-refractivity contribution in [2.24, 2.45) is 0 Å². The van der Waals surface area contributed by atoms with Gasteiger partial charge in [-0.15, -0.1) is 0 Å². The van der Waals surface area contributed by atoms with Crippen molar-refractivity contribution in [3.05, 3.63) is 65.2 Å². The average Bonchev–Trinajstić information content (AvgIpc) is 2.71. The summed E-state index contributed by atoms with van der Waals surface area (Å²) in [5, 5.41) is 3.12. The monoisotopic (exact) mass is 365 g/mol. The van der Waals surface area contributed by atoms with E-state index in [1.807, 2.05) is 19.1 Å². The Kier molecular flexibility index (Phi) is 6.92. The first kappa shape index (κ1) is 19.5. The molecular weight excluding hydrogens is 334 g/mol.